The maximum absolute atomic E-state index is 12.0. The van der Waals surface area contributed by atoms with E-state index in [0.717, 1.165) is 59.2 Å². The van der Waals surface area contributed by atoms with Crippen molar-refractivity contribution in [3.8, 4) is 23.5 Å². The van der Waals surface area contributed by atoms with Gasteiger partial charge in [0.25, 0.3) is 0 Å². The number of anilines is 1. The largest absolute Gasteiger partial charge is 0.367 e. The Balaban J connectivity index is 1.43. The molecule has 6 nitrogen and oxygen atoms in total. The lowest BCUT2D eigenvalue weighted by molar-refractivity contribution is 0.0483. The highest BCUT2D eigenvalue weighted by atomic mass is 16.5. The lowest BCUT2D eigenvalue weighted by atomic mass is 10.0. The van der Waals surface area contributed by atoms with E-state index >= 15 is 0 Å². The van der Waals surface area contributed by atoms with Gasteiger partial charge < -0.3 is 15.0 Å². The molecule has 0 amide bonds. The minimum Gasteiger partial charge on any atom is -0.367 e. The molecular weight excluding hydrogens is 460 g/mol. The number of hydrogen-bond donors (Lipinski definition) is 1. The lowest BCUT2D eigenvalue weighted by Crippen LogP contribution is -2.40. The van der Waals surface area contributed by atoms with Crippen LogP contribution in [-0.4, -0.2) is 59.5 Å². The number of aromatic nitrogens is 2. The van der Waals surface area contributed by atoms with Gasteiger partial charge in [-0.05, 0) is 55.6 Å². The molecule has 1 atom stereocenters. The van der Waals surface area contributed by atoms with E-state index in [-0.39, 0.29) is 18.5 Å². The molecule has 0 saturated carbocycles. The van der Waals surface area contributed by atoms with Crippen molar-refractivity contribution in [2.75, 3.05) is 38.1 Å². The van der Waals surface area contributed by atoms with Crippen LogP contribution in [0.4, 0.5) is 5.82 Å². The highest BCUT2D eigenvalue weighted by Crippen LogP contribution is 2.40. The minimum absolute atomic E-state index is 0.0432. The molecule has 1 saturated heterocycles. The number of ketones is 1. The van der Waals surface area contributed by atoms with Crippen LogP contribution in [0, 0.1) is 12.3 Å². The second-order valence-corrected chi connectivity index (χ2v) is 9.96. The summed E-state index contributed by atoms with van der Waals surface area (Å²) < 4.78 is 6.05. The molecule has 3 aromatic rings. The molecule has 1 aliphatic heterocycles. The zero-order valence-electron chi connectivity index (χ0n) is 21.5. The Labute approximate surface area is 219 Å². The number of carbonyl (C=O) groups is 1. The van der Waals surface area contributed by atoms with Gasteiger partial charge in [0.1, 0.15) is 18.2 Å². The van der Waals surface area contributed by atoms with Gasteiger partial charge in [-0.15, -0.1) is 6.42 Å². The lowest BCUT2D eigenvalue weighted by Gasteiger charge is -2.30. The monoisotopic (exact) mass is 494 g/mol. The fraction of sp³-hybridized carbons (Fsp3) is 0.387. The molecule has 1 unspecified atom stereocenters. The van der Waals surface area contributed by atoms with E-state index in [2.05, 4.69) is 28.3 Å². The molecule has 0 bridgehead atoms. The number of hydrogen-bond acceptors (Lipinski definition) is 6. The molecule has 37 heavy (non-hydrogen) atoms. The summed E-state index contributed by atoms with van der Waals surface area (Å²) in [6, 6.07) is 16.2. The van der Waals surface area contributed by atoms with Crippen LogP contribution < -0.4 is 5.32 Å². The number of Topliss-reactive ketones (excluding diaryl/α,β-unsaturated/α-hetero) is 1. The van der Waals surface area contributed by atoms with E-state index in [1.54, 1.807) is 6.92 Å². The van der Waals surface area contributed by atoms with Gasteiger partial charge in [0, 0.05) is 37.1 Å². The summed E-state index contributed by atoms with van der Waals surface area (Å²) in [6.45, 7) is 5.55. The van der Waals surface area contributed by atoms with Crippen molar-refractivity contribution in [2.24, 2.45) is 0 Å². The fourth-order valence-corrected chi connectivity index (χ4v) is 5.32. The Hall–Kier alpha value is -3.53. The molecule has 1 N–H and O–H groups in total. The Morgan fingerprint density at radius 1 is 1.14 bits per heavy atom. The molecule has 2 heterocycles. The number of likely N-dealkylation sites (tertiary alicyclic amines) is 1. The van der Waals surface area contributed by atoms with Gasteiger partial charge in [0.05, 0.1) is 11.8 Å². The number of piperidine rings is 1. The summed E-state index contributed by atoms with van der Waals surface area (Å²) in [4.78, 5) is 24.4. The van der Waals surface area contributed by atoms with Crippen molar-refractivity contribution in [1.29, 1.82) is 0 Å². The molecule has 5 rings (SSSR count). The summed E-state index contributed by atoms with van der Waals surface area (Å²) in [5, 5.41) is 3.61. The van der Waals surface area contributed by atoms with Crippen molar-refractivity contribution in [2.45, 2.75) is 45.1 Å². The third kappa shape index (κ3) is 6.07. The zero-order valence-corrected chi connectivity index (χ0v) is 21.5. The first-order chi connectivity index (χ1) is 18.1. The van der Waals surface area contributed by atoms with Crippen LogP contribution in [0.3, 0.4) is 0 Å². The minimum atomic E-state index is -0.0432. The second-order valence-electron chi connectivity index (χ2n) is 9.96. The van der Waals surface area contributed by atoms with Gasteiger partial charge in [0.2, 0.25) is 0 Å². The van der Waals surface area contributed by atoms with Gasteiger partial charge in [-0.3, -0.25) is 4.79 Å². The Bertz CT molecular complexity index is 1290. The summed E-state index contributed by atoms with van der Waals surface area (Å²) in [5.41, 5.74) is 6.12. The van der Waals surface area contributed by atoms with Crippen LogP contribution in [0.2, 0.25) is 0 Å². The van der Waals surface area contributed by atoms with E-state index in [0.29, 0.717) is 19.4 Å². The topological polar surface area (TPSA) is 67.3 Å². The number of ether oxygens (including phenoxy) is 1. The average Bonchev–Trinajstić information content (AvgIpc) is 3.29. The molecule has 2 aliphatic rings. The van der Waals surface area contributed by atoms with Crippen LogP contribution in [0.25, 0.3) is 11.1 Å². The van der Waals surface area contributed by atoms with Crippen LogP contribution >= 0.6 is 0 Å². The number of nitrogens with zero attached hydrogens (tertiary/aromatic N) is 3. The van der Waals surface area contributed by atoms with Gasteiger partial charge >= 0.3 is 0 Å². The quantitative estimate of drug-likeness (QED) is 0.253. The normalized spacial score (nSPS) is 15.5. The van der Waals surface area contributed by atoms with Crippen molar-refractivity contribution >= 4 is 11.6 Å². The SMILES string of the molecule is C#CCOC(CNc1nc(Cc2ccccc2)nc2c1-c1ccc(C(C)=O)cc1C2)CN1CCCCC1. The smallest absolute Gasteiger partial charge is 0.159 e. The average molecular weight is 495 g/mol. The number of nitrogens with one attached hydrogen (secondary N) is 1. The van der Waals surface area contributed by atoms with Gasteiger partial charge in [-0.2, -0.15) is 0 Å². The maximum Gasteiger partial charge on any atom is 0.159 e. The Morgan fingerprint density at radius 2 is 1.95 bits per heavy atom. The number of fused-ring (bicyclic) bond motifs is 3. The molecule has 1 aliphatic carbocycles. The highest BCUT2D eigenvalue weighted by Gasteiger charge is 2.27. The first-order valence-corrected chi connectivity index (χ1v) is 13.2. The van der Waals surface area contributed by atoms with E-state index in [9.17, 15) is 4.79 Å². The van der Waals surface area contributed by atoms with Gasteiger partial charge in [-0.25, -0.2) is 9.97 Å². The van der Waals surface area contributed by atoms with Crippen molar-refractivity contribution in [1.82, 2.24) is 14.9 Å². The van der Waals surface area contributed by atoms with Crippen LogP contribution in [0.15, 0.2) is 48.5 Å². The predicted molar refractivity (Wildman–Crippen MR) is 147 cm³/mol. The molecular formula is C31H34N4O2. The fourth-order valence-electron chi connectivity index (χ4n) is 5.32. The van der Waals surface area contributed by atoms with E-state index in [4.69, 9.17) is 21.1 Å². The number of terminal acetylenes is 1. The molecule has 2 aromatic carbocycles. The molecule has 1 aromatic heterocycles. The van der Waals surface area contributed by atoms with Crippen molar-refractivity contribution < 1.29 is 9.53 Å². The summed E-state index contributed by atoms with van der Waals surface area (Å²) in [5.74, 6) is 4.29. The third-order valence-corrected chi connectivity index (χ3v) is 7.18. The number of rotatable bonds is 10. The van der Waals surface area contributed by atoms with Gasteiger partial charge in [-0.1, -0.05) is 54.8 Å². The summed E-state index contributed by atoms with van der Waals surface area (Å²) in [7, 11) is 0. The number of benzene rings is 2. The Morgan fingerprint density at radius 3 is 2.70 bits per heavy atom. The summed E-state index contributed by atoms with van der Waals surface area (Å²) >= 11 is 0. The molecule has 6 heteroatoms. The van der Waals surface area contributed by atoms with Crippen LogP contribution in [0.5, 0.6) is 0 Å². The predicted octanol–water partition coefficient (Wildman–Crippen LogP) is 4.76. The molecule has 1 fully saturated rings. The summed E-state index contributed by atoms with van der Waals surface area (Å²) in [6.07, 6.45) is 10.6. The van der Waals surface area contributed by atoms with Crippen molar-refractivity contribution in [3.05, 3.63) is 76.7 Å². The molecule has 190 valence electrons. The van der Waals surface area contributed by atoms with E-state index in [1.807, 2.05) is 36.4 Å². The van der Waals surface area contributed by atoms with Crippen LogP contribution in [0.1, 0.15) is 59.2 Å². The van der Waals surface area contributed by atoms with E-state index < -0.39 is 0 Å². The molecule has 0 radical (unpaired) electrons. The highest BCUT2D eigenvalue weighted by molar-refractivity contribution is 5.96. The zero-order chi connectivity index (χ0) is 25.6. The molecule has 0 spiro atoms. The third-order valence-electron chi connectivity index (χ3n) is 7.18. The standard InChI is InChI=1S/C31H34N4O2/c1-3-16-37-26(21-35-14-8-5-9-15-35)20-32-31-30-27-13-12-24(22(2)36)18-25(27)19-28(30)33-29(34-31)17-23-10-6-4-7-11-23/h1,4,6-7,10-13,18,26H,5,8-9,14-17,19-21H2,2H3,(H,32,33,34). The maximum atomic E-state index is 12.0. The Kier molecular flexibility index (Phi) is 7.93. The van der Waals surface area contributed by atoms with E-state index in [1.165, 1.54) is 24.8 Å². The second kappa shape index (κ2) is 11.7. The first kappa shape index (κ1) is 25.1. The van der Waals surface area contributed by atoms with Crippen molar-refractivity contribution in [3.63, 3.8) is 0 Å². The van der Waals surface area contributed by atoms with Gasteiger partial charge in [0.15, 0.2) is 5.78 Å². The number of carbonyl (C=O) groups excluding carboxylic acids is 1. The van der Waals surface area contributed by atoms with Crippen LogP contribution in [-0.2, 0) is 17.6 Å². The first-order valence-electron chi connectivity index (χ1n) is 13.2.